The summed E-state index contributed by atoms with van der Waals surface area (Å²) in [6, 6.07) is 0. The molecular weight excluding hydrogens is 480 g/mol. The van der Waals surface area contributed by atoms with E-state index in [1.807, 2.05) is 20.8 Å². The van der Waals surface area contributed by atoms with Gasteiger partial charge in [-0.3, -0.25) is 24.0 Å². The third-order valence-corrected chi connectivity index (χ3v) is 7.85. The number of rotatable bonds is 8. The molecule has 0 aromatic rings. The van der Waals surface area contributed by atoms with Gasteiger partial charge in [-0.2, -0.15) is 0 Å². The summed E-state index contributed by atoms with van der Waals surface area (Å²) < 4.78 is 21.8. The Balaban J connectivity index is 2.56. The third-order valence-electron chi connectivity index (χ3n) is 7.85. The van der Waals surface area contributed by atoms with Gasteiger partial charge in [0.05, 0.1) is 0 Å². The van der Waals surface area contributed by atoms with E-state index >= 15 is 0 Å². The lowest BCUT2D eigenvalue weighted by atomic mass is 9.45. The zero-order valence-electron chi connectivity index (χ0n) is 23.2. The Hall–Kier alpha value is -2.97. The van der Waals surface area contributed by atoms with Gasteiger partial charge in [0.2, 0.25) is 0 Å². The van der Waals surface area contributed by atoms with E-state index in [-0.39, 0.29) is 24.7 Å². The third kappa shape index (κ3) is 6.67. The Kier molecular flexibility index (Phi) is 9.49. The Morgan fingerprint density at radius 3 is 2.08 bits per heavy atom. The SMILES string of the molecule is C=C1[C@H](OC(C)=O)C(=O)[C@H]2C(C)(C)[C@@H](OC(C)=O)CC[C@]2(C)[C@H]1C[C@@H](OC(C)=O)/C(C)=C/COC(C)=O. The molecule has 0 bridgehead atoms. The highest BCUT2D eigenvalue weighted by Crippen LogP contribution is 2.61. The van der Waals surface area contributed by atoms with Crippen LogP contribution >= 0.6 is 0 Å². The monoisotopic (exact) mass is 520 g/mol. The van der Waals surface area contributed by atoms with Crippen LogP contribution in [0.25, 0.3) is 0 Å². The highest BCUT2D eigenvalue weighted by Gasteiger charge is 2.64. The number of hydrogen-bond acceptors (Lipinski definition) is 9. The van der Waals surface area contributed by atoms with Gasteiger partial charge in [-0.25, -0.2) is 0 Å². The molecule has 0 aromatic carbocycles. The summed E-state index contributed by atoms with van der Waals surface area (Å²) in [4.78, 5) is 60.9. The topological polar surface area (TPSA) is 122 Å². The van der Waals surface area contributed by atoms with Gasteiger partial charge in [-0.1, -0.05) is 27.4 Å². The van der Waals surface area contributed by atoms with Crippen LogP contribution in [-0.4, -0.2) is 54.6 Å². The number of ketones is 1. The molecule has 0 heterocycles. The van der Waals surface area contributed by atoms with E-state index in [9.17, 15) is 24.0 Å². The van der Waals surface area contributed by atoms with Gasteiger partial charge in [0.1, 0.15) is 18.8 Å². The molecule has 2 aliphatic rings. The number of carbonyl (C=O) groups is 5. The summed E-state index contributed by atoms with van der Waals surface area (Å²) in [7, 11) is 0. The highest BCUT2D eigenvalue weighted by atomic mass is 16.6. The molecule has 0 unspecified atom stereocenters. The molecule has 37 heavy (non-hydrogen) atoms. The van der Waals surface area contributed by atoms with Crippen molar-refractivity contribution in [3.05, 3.63) is 23.8 Å². The van der Waals surface area contributed by atoms with Crippen LogP contribution in [0.1, 0.15) is 74.7 Å². The molecule has 0 amide bonds. The summed E-state index contributed by atoms with van der Waals surface area (Å²) in [6.07, 6.45) is 0.696. The maximum Gasteiger partial charge on any atom is 0.303 e. The first-order valence-corrected chi connectivity index (χ1v) is 12.6. The van der Waals surface area contributed by atoms with E-state index in [4.69, 9.17) is 18.9 Å². The summed E-state index contributed by atoms with van der Waals surface area (Å²) in [5, 5.41) is 0. The Bertz CT molecular complexity index is 992. The molecule has 0 radical (unpaired) electrons. The van der Waals surface area contributed by atoms with Crippen LogP contribution in [0.3, 0.4) is 0 Å². The fourth-order valence-corrected chi connectivity index (χ4v) is 6.30. The smallest absolute Gasteiger partial charge is 0.303 e. The summed E-state index contributed by atoms with van der Waals surface area (Å²) in [5.41, 5.74) is -0.270. The molecule has 0 N–H and O–H groups in total. The maximum atomic E-state index is 13.9. The van der Waals surface area contributed by atoms with E-state index in [2.05, 4.69) is 6.58 Å². The van der Waals surface area contributed by atoms with Crippen molar-refractivity contribution >= 4 is 29.7 Å². The van der Waals surface area contributed by atoms with Crippen LogP contribution in [0.5, 0.6) is 0 Å². The second-order valence-electron chi connectivity index (χ2n) is 11.0. The second-order valence-corrected chi connectivity index (χ2v) is 11.0. The van der Waals surface area contributed by atoms with Crippen molar-refractivity contribution in [3.63, 3.8) is 0 Å². The molecular formula is C28H40O9. The van der Waals surface area contributed by atoms with Gasteiger partial charge in [0.15, 0.2) is 11.9 Å². The Labute approximate surface area is 218 Å². The van der Waals surface area contributed by atoms with Gasteiger partial charge in [0, 0.05) is 39.0 Å². The molecule has 206 valence electrons. The highest BCUT2D eigenvalue weighted by molar-refractivity contribution is 5.93. The molecule has 2 saturated carbocycles. The predicted octanol–water partition coefficient (Wildman–Crippen LogP) is 3.88. The van der Waals surface area contributed by atoms with Gasteiger partial charge < -0.3 is 18.9 Å². The van der Waals surface area contributed by atoms with Crippen molar-refractivity contribution in [3.8, 4) is 0 Å². The summed E-state index contributed by atoms with van der Waals surface area (Å²) in [5.74, 6) is -3.22. The first-order valence-electron chi connectivity index (χ1n) is 12.6. The van der Waals surface area contributed by atoms with Gasteiger partial charge in [0.25, 0.3) is 0 Å². The molecule has 0 aromatic heterocycles. The van der Waals surface area contributed by atoms with Crippen LogP contribution in [-0.2, 0) is 42.9 Å². The van der Waals surface area contributed by atoms with E-state index in [0.717, 1.165) is 0 Å². The first kappa shape index (κ1) is 30.3. The van der Waals surface area contributed by atoms with E-state index < -0.39 is 58.9 Å². The fourth-order valence-electron chi connectivity index (χ4n) is 6.30. The van der Waals surface area contributed by atoms with E-state index in [0.29, 0.717) is 24.0 Å². The maximum absolute atomic E-state index is 13.9. The molecule has 9 nitrogen and oxygen atoms in total. The molecule has 0 saturated heterocycles. The quantitative estimate of drug-likeness (QED) is 0.266. The zero-order chi connectivity index (χ0) is 28.3. The predicted molar refractivity (Wildman–Crippen MR) is 134 cm³/mol. The van der Waals surface area contributed by atoms with Crippen molar-refractivity contribution in [2.45, 2.75) is 93.0 Å². The van der Waals surface area contributed by atoms with Crippen LogP contribution in [0, 0.1) is 22.7 Å². The molecule has 9 heteroatoms. The summed E-state index contributed by atoms with van der Waals surface area (Å²) >= 11 is 0. The molecule has 2 aliphatic carbocycles. The van der Waals surface area contributed by atoms with Crippen LogP contribution in [0.15, 0.2) is 23.8 Å². The number of fused-ring (bicyclic) bond motifs is 1. The first-order chi connectivity index (χ1) is 17.0. The zero-order valence-corrected chi connectivity index (χ0v) is 23.2. The van der Waals surface area contributed by atoms with E-state index in [1.165, 1.54) is 27.7 Å². The van der Waals surface area contributed by atoms with Gasteiger partial charge in [-0.15, -0.1) is 0 Å². The van der Waals surface area contributed by atoms with Gasteiger partial charge in [-0.05, 0) is 54.7 Å². The number of hydrogen-bond donors (Lipinski definition) is 0. The molecule has 0 spiro atoms. The molecule has 2 fully saturated rings. The second kappa shape index (κ2) is 11.6. The number of Topliss-reactive ketones (excluding diaryl/α,β-unsaturated/α-hetero) is 1. The minimum atomic E-state index is -1.17. The molecule has 0 aliphatic heterocycles. The number of ether oxygens (including phenoxy) is 4. The summed E-state index contributed by atoms with van der Waals surface area (Å²) in [6.45, 7) is 17.0. The van der Waals surface area contributed by atoms with Crippen molar-refractivity contribution < 1.29 is 42.9 Å². The minimum absolute atomic E-state index is 0.0239. The van der Waals surface area contributed by atoms with Crippen molar-refractivity contribution in [2.75, 3.05) is 6.61 Å². The Morgan fingerprint density at radius 2 is 1.57 bits per heavy atom. The van der Waals surface area contributed by atoms with Crippen molar-refractivity contribution in [2.24, 2.45) is 22.7 Å². The molecule has 2 rings (SSSR count). The average molecular weight is 521 g/mol. The van der Waals surface area contributed by atoms with Gasteiger partial charge >= 0.3 is 23.9 Å². The standard InChI is InChI=1S/C28H40O9/c1-15(11-13-34-17(3)29)22(35-18(4)30)14-21-16(2)25(37-20(6)32)24(33)26-27(7,8)23(36-19(5)31)10-12-28(21,26)9/h11,21-23,25-26H,2,10,12-14H2,1,3-9H3/b15-11+/t21-,22+,23-,25-,26-,28+/m0/s1. The van der Waals surface area contributed by atoms with E-state index in [1.54, 1.807) is 13.0 Å². The fraction of sp³-hybridized carbons (Fsp3) is 0.679. The van der Waals surface area contributed by atoms with Crippen molar-refractivity contribution in [1.29, 1.82) is 0 Å². The van der Waals surface area contributed by atoms with Crippen LogP contribution in [0.4, 0.5) is 0 Å². The normalized spacial score (nSPS) is 30.0. The lowest BCUT2D eigenvalue weighted by Crippen LogP contribution is -2.63. The largest absolute Gasteiger partial charge is 0.462 e. The molecule has 6 atom stereocenters. The average Bonchev–Trinajstić information content (AvgIpc) is 2.74. The lowest BCUT2D eigenvalue weighted by Gasteiger charge is -2.59. The lowest BCUT2D eigenvalue weighted by molar-refractivity contribution is -0.188. The Morgan fingerprint density at radius 1 is 0.973 bits per heavy atom. The minimum Gasteiger partial charge on any atom is -0.462 e. The van der Waals surface area contributed by atoms with Crippen LogP contribution < -0.4 is 0 Å². The number of esters is 4. The van der Waals surface area contributed by atoms with Crippen LogP contribution in [0.2, 0.25) is 0 Å². The van der Waals surface area contributed by atoms with Crippen molar-refractivity contribution in [1.82, 2.24) is 0 Å². The number of carbonyl (C=O) groups excluding carboxylic acids is 5.